The van der Waals surface area contributed by atoms with Crippen LogP contribution in [0.4, 0.5) is 21.0 Å². The molecule has 3 aromatic rings. The van der Waals surface area contributed by atoms with E-state index in [1.165, 1.54) is 19.4 Å². The van der Waals surface area contributed by atoms with Crippen LogP contribution in [0.2, 0.25) is 0 Å². The molecule has 47 heavy (non-hydrogen) atoms. The minimum absolute atomic E-state index is 0.0291. The average Bonchev–Trinajstić information content (AvgIpc) is 3.06. The number of ether oxygens (including phenoxy) is 1. The topological polar surface area (TPSA) is 117 Å². The first-order valence-electron chi connectivity index (χ1n) is 16.7. The van der Waals surface area contributed by atoms with E-state index >= 15 is 0 Å². The average molecular weight is 641 g/mol. The van der Waals surface area contributed by atoms with Gasteiger partial charge in [0.1, 0.15) is 6.10 Å². The molecule has 0 radical (unpaired) electrons. The predicted molar refractivity (Wildman–Crippen MR) is 186 cm³/mol. The lowest BCUT2D eigenvalue weighted by Crippen LogP contribution is -2.51. The smallest absolute Gasteiger partial charge is 0.411 e. The summed E-state index contributed by atoms with van der Waals surface area (Å²) in [5.74, 6) is 0.327. The number of hydrogen-bond acceptors (Lipinski definition) is 6. The molecule has 1 aliphatic heterocycles. The number of piperidine rings is 1. The molecule has 0 aliphatic carbocycles. The van der Waals surface area contributed by atoms with Crippen LogP contribution in [-0.4, -0.2) is 60.4 Å². The van der Waals surface area contributed by atoms with E-state index in [1.54, 1.807) is 48.5 Å². The zero-order valence-electron chi connectivity index (χ0n) is 27.8. The van der Waals surface area contributed by atoms with Crippen LogP contribution in [0.3, 0.4) is 0 Å². The van der Waals surface area contributed by atoms with Crippen molar-refractivity contribution < 1.29 is 23.9 Å². The standard InChI is InChI=1S/C38H48N4O5/c1-4-5-18-36(47-38(46)41-34-17-10-15-32(26-34)28(3)44)35-24-30(23-29-12-7-6-8-13-29)19-22-42(35)21-11-20-39-37(45)40-33-16-9-14-31(25-33)27(2)43/h6-10,12-17,25-26,30,35-36H,4-5,11,18-24H2,1-3H3,(H,41,46)(H2,39,40,45). The van der Waals surface area contributed by atoms with Crippen molar-refractivity contribution in [2.24, 2.45) is 5.92 Å². The Kier molecular flexibility index (Phi) is 13.5. The number of hydrogen-bond donors (Lipinski definition) is 3. The molecule has 1 fully saturated rings. The Labute approximate surface area is 278 Å². The van der Waals surface area contributed by atoms with E-state index in [1.807, 2.05) is 6.07 Å². The quantitative estimate of drug-likeness (QED) is 0.116. The summed E-state index contributed by atoms with van der Waals surface area (Å²) in [5, 5.41) is 8.58. The highest BCUT2D eigenvalue weighted by molar-refractivity contribution is 5.97. The van der Waals surface area contributed by atoms with E-state index in [0.29, 0.717) is 35.0 Å². The molecule has 3 amide bonds. The Balaban J connectivity index is 1.40. The molecule has 1 heterocycles. The monoisotopic (exact) mass is 640 g/mol. The fourth-order valence-corrected chi connectivity index (χ4v) is 6.23. The largest absolute Gasteiger partial charge is 0.444 e. The van der Waals surface area contributed by atoms with E-state index in [4.69, 9.17) is 4.74 Å². The highest BCUT2D eigenvalue weighted by Gasteiger charge is 2.36. The van der Waals surface area contributed by atoms with Crippen molar-refractivity contribution in [3.63, 3.8) is 0 Å². The fourth-order valence-electron chi connectivity index (χ4n) is 6.23. The molecule has 3 N–H and O–H groups in total. The van der Waals surface area contributed by atoms with Gasteiger partial charge in [0.2, 0.25) is 0 Å². The fraction of sp³-hybridized carbons (Fsp3) is 0.421. The van der Waals surface area contributed by atoms with E-state index in [9.17, 15) is 19.2 Å². The lowest BCUT2D eigenvalue weighted by Gasteiger charge is -2.43. The van der Waals surface area contributed by atoms with E-state index < -0.39 is 6.09 Å². The van der Waals surface area contributed by atoms with Gasteiger partial charge in [0.25, 0.3) is 0 Å². The molecule has 0 bridgehead atoms. The number of nitrogens with one attached hydrogen (secondary N) is 3. The molecule has 0 spiro atoms. The molecule has 9 nitrogen and oxygen atoms in total. The zero-order chi connectivity index (χ0) is 33.6. The van der Waals surface area contributed by atoms with Crippen LogP contribution in [0.15, 0.2) is 78.9 Å². The van der Waals surface area contributed by atoms with Crippen molar-refractivity contribution in [1.82, 2.24) is 10.2 Å². The summed E-state index contributed by atoms with van der Waals surface area (Å²) in [6.45, 7) is 7.22. The maximum atomic E-state index is 13.2. The van der Waals surface area contributed by atoms with Crippen molar-refractivity contribution >= 4 is 35.1 Å². The summed E-state index contributed by atoms with van der Waals surface area (Å²) >= 11 is 0. The number of Topliss-reactive ketones (excluding diaryl/α,β-unsaturated/α-hetero) is 2. The Morgan fingerprint density at radius 2 is 1.51 bits per heavy atom. The number of nitrogens with zero attached hydrogens (tertiary/aromatic N) is 1. The van der Waals surface area contributed by atoms with Gasteiger partial charge in [-0.3, -0.25) is 19.8 Å². The summed E-state index contributed by atoms with van der Waals surface area (Å²) in [5.41, 5.74) is 3.47. The van der Waals surface area contributed by atoms with E-state index in [0.717, 1.165) is 58.0 Å². The molecule has 0 aromatic heterocycles. The molecule has 3 unspecified atom stereocenters. The van der Waals surface area contributed by atoms with Gasteiger partial charge >= 0.3 is 12.1 Å². The molecule has 250 valence electrons. The van der Waals surface area contributed by atoms with Gasteiger partial charge in [-0.15, -0.1) is 0 Å². The summed E-state index contributed by atoms with van der Waals surface area (Å²) in [6, 6.07) is 24.0. The van der Waals surface area contributed by atoms with Gasteiger partial charge in [0.05, 0.1) is 0 Å². The van der Waals surface area contributed by atoms with Crippen LogP contribution >= 0.6 is 0 Å². The van der Waals surface area contributed by atoms with Gasteiger partial charge in [0, 0.05) is 41.6 Å². The highest BCUT2D eigenvalue weighted by Crippen LogP contribution is 2.31. The van der Waals surface area contributed by atoms with Crippen molar-refractivity contribution in [1.29, 1.82) is 0 Å². The third-order valence-electron chi connectivity index (χ3n) is 8.72. The number of ketones is 2. The molecular formula is C38H48N4O5. The normalized spacial score (nSPS) is 16.9. The number of likely N-dealkylation sites (tertiary alicyclic amines) is 1. The molecule has 4 rings (SSSR count). The second-order valence-corrected chi connectivity index (χ2v) is 12.4. The van der Waals surface area contributed by atoms with Crippen molar-refractivity contribution in [3.05, 3.63) is 95.6 Å². The Bertz CT molecular complexity index is 1490. The van der Waals surface area contributed by atoms with E-state index in [-0.39, 0.29) is 29.7 Å². The summed E-state index contributed by atoms with van der Waals surface area (Å²) in [7, 11) is 0. The van der Waals surface area contributed by atoms with Crippen LogP contribution in [0.1, 0.15) is 85.6 Å². The first-order chi connectivity index (χ1) is 22.7. The number of rotatable bonds is 15. The van der Waals surface area contributed by atoms with Crippen molar-refractivity contribution in [2.45, 2.75) is 77.9 Å². The van der Waals surface area contributed by atoms with Crippen LogP contribution < -0.4 is 16.0 Å². The number of carbonyl (C=O) groups excluding carboxylic acids is 4. The number of unbranched alkanes of at least 4 members (excludes halogenated alkanes) is 1. The molecule has 3 aromatic carbocycles. The van der Waals surface area contributed by atoms with Crippen molar-refractivity contribution in [2.75, 3.05) is 30.3 Å². The summed E-state index contributed by atoms with van der Waals surface area (Å²) in [6.07, 6.45) is 5.46. The summed E-state index contributed by atoms with van der Waals surface area (Å²) < 4.78 is 6.18. The Hall–Kier alpha value is -4.50. The van der Waals surface area contributed by atoms with Crippen LogP contribution in [0, 0.1) is 5.92 Å². The Morgan fingerprint density at radius 3 is 2.15 bits per heavy atom. The van der Waals surface area contributed by atoms with Crippen LogP contribution in [-0.2, 0) is 11.2 Å². The SMILES string of the molecule is CCCCC(OC(=O)Nc1cccc(C(C)=O)c1)C1CC(Cc2ccccc2)CCN1CCCNC(=O)Nc1cccc(C(C)=O)c1. The predicted octanol–water partition coefficient (Wildman–Crippen LogP) is 7.73. The third kappa shape index (κ3) is 11.4. The zero-order valence-corrected chi connectivity index (χ0v) is 27.8. The summed E-state index contributed by atoms with van der Waals surface area (Å²) in [4.78, 5) is 51.8. The van der Waals surface area contributed by atoms with Gasteiger partial charge in [-0.2, -0.15) is 0 Å². The molecule has 1 saturated heterocycles. The third-order valence-corrected chi connectivity index (χ3v) is 8.72. The van der Waals surface area contributed by atoms with Gasteiger partial charge < -0.3 is 15.4 Å². The van der Waals surface area contributed by atoms with Crippen molar-refractivity contribution in [3.8, 4) is 0 Å². The maximum absolute atomic E-state index is 13.2. The lowest BCUT2D eigenvalue weighted by molar-refractivity contribution is -0.00434. The highest BCUT2D eigenvalue weighted by atomic mass is 16.6. The molecule has 9 heteroatoms. The number of carbonyl (C=O) groups is 4. The second kappa shape index (κ2) is 18.0. The van der Waals surface area contributed by atoms with E-state index in [2.05, 4.69) is 52.0 Å². The van der Waals surface area contributed by atoms with Crippen LogP contribution in [0.25, 0.3) is 0 Å². The molecular weight excluding hydrogens is 592 g/mol. The molecule has 1 aliphatic rings. The van der Waals surface area contributed by atoms with Crippen LogP contribution in [0.5, 0.6) is 0 Å². The number of amides is 3. The number of benzene rings is 3. The molecule has 3 atom stereocenters. The Morgan fingerprint density at radius 1 is 0.851 bits per heavy atom. The van der Waals surface area contributed by atoms with Gasteiger partial charge in [0.15, 0.2) is 11.6 Å². The second-order valence-electron chi connectivity index (χ2n) is 12.4. The maximum Gasteiger partial charge on any atom is 0.411 e. The first kappa shape index (κ1) is 35.4. The molecule has 0 saturated carbocycles. The lowest BCUT2D eigenvalue weighted by atomic mass is 9.83. The van der Waals surface area contributed by atoms with Gasteiger partial charge in [-0.05, 0) is 94.7 Å². The minimum atomic E-state index is -0.524. The number of urea groups is 1. The van der Waals surface area contributed by atoms with Gasteiger partial charge in [-0.1, -0.05) is 67.9 Å². The number of anilines is 2. The minimum Gasteiger partial charge on any atom is -0.444 e. The first-order valence-corrected chi connectivity index (χ1v) is 16.7. The van der Waals surface area contributed by atoms with Gasteiger partial charge in [-0.25, -0.2) is 9.59 Å².